The van der Waals surface area contributed by atoms with Crippen LogP contribution in [0, 0.1) is 13.8 Å². The van der Waals surface area contributed by atoms with E-state index in [1.54, 1.807) is 0 Å². The Bertz CT molecular complexity index is 1470. The second-order valence-electron chi connectivity index (χ2n) is 11.6. The van der Waals surface area contributed by atoms with Crippen molar-refractivity contribution in [2.75, 3.05) is 38.1 Å². The maximum Gasteiger partial charge on any atom is 0.137 e. The molecule has 4 aromatic rings. The van der Waals surface area contributed by atoms with Crippen molar-refractivity contribution in [3.8, 4) is 22.3 Å². The number of anilines is 1. The number of nitrogens with zero attached hydrogens (tertiary/aromatic N) is 4. The molecule has 2 aromatic heterocycles. The fourth-order valence-corrected chi connectivity index (χ4v) is 5.77. The van der Waals surface area contributed by atoms with Crippen molar-refractivity contribution >= 4 is 22.4 Å². The zero-order valence-corrected chi connectivity index (χ0v) is 23.9. The number of aliphatic imine (C=N–C) groups is 1. The molecule has 39 heavy (non-hydrogen) atoms. The van der Waals surface area contributed by atoms with Gasteiger partial charge in [0, 0.05) is 72.9 Å². The van der Waals surface area contributed by atoms with Crippen molar-refractivity contribution in [1.82, 2.24) is 14.9 Å². The molecule has 0 bridgehead atoms. The van der Waals surface area contributed by atoms with Crippen molar-refractivity contribution in [2.45, 2.75) is 58.9 Å². The van der Waals surface area contributed by atoms with Crippen LogP contribution in [0.4, 0.5) is 5.69 Å². The number of hydrogen-bond acceptors (Lipinski definition) is 4. The number of H-pyrrole nitrogens is 1. The van der Waals surface area contributed by atoms with Gasteiger partial charge in [0.05, 0.1) is 6.04 Å². The van der Waals surface area contributed by atoms with E-state index in [1.807, 2.05) is 6.20 Å². The molecule has 5 nitrogen and oxygen atoms in total. The maximum atomic E-state index is 4.78. The predicted octanol–water partition coefficient (Wildman–Crippen LogP) is 7.21. The summed E-state index contributed by atoms with van der Waals surface area (Å²) in [7, 11) is 2.21. The van der Waals surface area contributed by atoms with Gasteiger partial charge in [0.1, 0.15) is 5.65 Å². The fraction of sp³-hybridized carbons (Fsp3) is 0.412. The van der Waals surface area contributed by atoms with E-state index in [0.29, 0.717) is 0 Å². The number of piperazine rings is 1. The van der Waals surface area contributed by atoms with Crippen molar-refractivity contribution < 1.29 is 0 Å². The number of unbranched alkanes of at least 4 members (excludes halogenated alkanes) is 2. The number of aryl methyl sites for hydroxylation is 3. The number of benzene rings is 2. The molecule has 4 heterocycles. The molecular weight excluding hydrogens is 478 g/mol. The number of fused-ring (bicyclic) bond motifs is 2. The number of aromatic nitrogens is 2. The second-order valence-corrected chi connectivity index (χ2v) is 11.6. The van der Waals surface area contributed by atoms with Gasteiger partial charge >= 0.3 is 0 Å². The first kappa shape index (κ1) is 25.8. The molecule has 1 saturated heterocycles. The summed E-state index contributed by atoms with van der Waals surface area (Å²) >= 11 is 0. The standard InChI is InChI=1S/C31H38N4.C3H3N/c1-5-6-7-8-24-9-11-25(12-10-24)29-21-33-31-28(29)19-27(20-32-31)26-17-22(2)30(23(3)18-26)35-15-13-34(4)14-16-35;1-2-3(1)4-2/h9-12,17-21H,5-8,13-16H2,1-4H3,(H,32,33);2H,1H2. The number of hydrogen-bond donors (Lipinski definition) is 1. The van der Waals surface area contributed by atoms with E-state index in [0.717, 1.165) is 44.3 Å². The lowest BCUT2D eigenvalue weighted by Crippen LogP contribution is -2.45. The lowest BCUT2D eigenvalue weighted by molar-refractivity contribution is 0.312. The van der Waals surface area contributed by atoms with Crippen LogP contribution in [0.3, 0.4) is 0 Å². The van der Waals surface area contributed by atoms with Crippen LogP contribution in [0.1, 0.15) is 49.3 Å². The molecule has 7 rings (SSSR count). The largest absolute Gasteiger partial charge is 0.369 e. The van der Waals surface area contributed by atoms with Crippen LogP contribution >= 0.6 is 0 Å². The average Bonchev–Trinajstić information content (AvgIpc) is 3.83. The van der Waals surface area contributed by atoms with Crippen LogP contribution < -0.4 is 4.90 Å². The average molecular weight is 520 g/mol. The summed E-state index contributed by atoms with van der Waals surface area (Å²) in [6, 6.07) is 16.8. The van der Waals surface area contributed by atoms with Crippen molar-refractivity contribution in [3.63, 3.8) is 0 Å². The summed E-state index contributed by atoms with van der Waals surface area (Å²) in [4.78, 5) is 17.0. The lowest BCUT2D eigenvalue weighted by atomic mass is 9.97. The minimum Gasteiger partial charge on any atom is -0.369 e. The molecule has 1 N–H and O–H groups in total. The number of rotatable bonds is 7. The van der Waals surface area contributed by atoms with E-state index in [-0.39, 0.29) is 0 Å². The number of likely N-dealkylation sites (N-methyl/N-ethyl adjacent to an activating group) is 1. The van der Waals surface area contributed by atoms with Gasteiger partial charge in [0.2, 0.25) is 0 Å². The molecule has 0 amide bonds. The first-order valence-electron chi connectivity index (χ1n) is 14.7. The Morgan fingerprint density at radius 3 is 2.18 bits per heavy atom. The van der Waals surface area contributed by atoms with E-state index >= 15 is 0 Å². The number of aromatic amines is 1. The third-order valence-corrected chi connectivity index (χ3v) is 8.39. The molecule has 0 radical (unpaired) electrons. The molecule has 5 heteroatoms. The second kappa shape index (κ2) is 11.0. The third-order valence-electron chi connectivity index (χ3n) is 8.39. The normalized spacial score (nSPS) is 17.9. The minimum absolute atomic E-state index is 0.792. The van der Waals surface area contributed by atoms with Gasteiger partial charge in [-0.05, 0) is 79.8 Å². The summed E-state index contributed by atoms with van der Waals surface area (Å²) in [5, 5.41) is 1.18. The van der Waals surface area contributed by atoms with E-state index in [2.05, 4.69) is 96.3 Å². The molecule has 1 unspecified atom stereocenters. The van der Waals surface area contributed by atoms with Gasteiger partial charge < -0.3 is 14.8 Å². The van der Waals surface area contributed by atoms with E-state index < -0.39 is 0 Å². The van der Waals surface area contributed by atoms with Crippen LogP contribution in [0.5, 0.6) is 0 Å². The number of nitrogens with one attached hydrogen (secondary N) is 1. The molecule has 3 aliphatic rings. The fourth-order valence-electron chi connectivity index (χ4n) is 5.77. The van der Waals surface area contributed by atoms with Crippen LogP contribution in [-0.4, -0.2) is 59.8 Å². The predicted molar refractivity (Wildman–Crippen MR) is 165 cm³/mol. The zero-order valence-electron chi connectivity index (χ0n) is 23.9. The Morgan fingerprint density at radius 2 is 1.56 bits per heavy atom. The quantitative estimate of drug-likeness (QED) is 0.262. The highest BCUT2D eigenvalue weighted by Gasteiger charge is 2.44. The first-order valence-corrected chi connectivity index (χ1v) is 14.7. The van der Waals surface area contributed by atoms with Crippen molar-refractivity contribution in [3.05, 3.63) is 71.5 Å². The monoisotopic (exact) mass is 519 g/mol. The zero-order chi connectivity index (χ0) is 26.9. The molecule has 202 valence electrons. The van der Waals surface area contributed by atoms with Crippen LogP contribution in [0.15, 0.2) is 59.9 Å². The summed E-state index contributed by atoms with van der Waals surface area (Å²) in [5.41, 5.74) is 12.8. The smallest absolute Gasteiger partial charge is 0.137 e. The molecule has 1 saturated carbocycles. The topological polar surface area (TPSA) is 47.5 Å². The van der Waals surface area contributed by atoms with E-state index in [4.69, 9.17) is 4.98 Å². The molecule has 1 aliphatic carbocycles. The molecule has 1 atom stereocenters. The summed E-state index contributed by atoms with van der Waals surface area (Å²) in [5.74, 6) is 0. The molecular formula is C34H41N5. The number of pyridine rings is 1. The van der Waals surface area contributed by atoms with E-state index in [9.17, 15) is 0 Å². The summed E-state index contributed by atoms with van der Waals surface area (Å²) in [6.07, 6.45) is 10.4. The van der Waals surface area contributed by atoms with Gasteiger partial charge in [-0.15, -0.1) is 0 Å². The Hall–Kier alpha value is -3.44. The highest BCUT2D eigenvalue weighted by atomic mass is 15.2. The summed E-state index contributed by atoms with van der Waals surface area (Å²) < 4.78 is 0. The first-order chi connectivity index (χ1) is 19.0. The van der Waals surface area contributed by atoms with Gasteiger partial charge in [-0.2, -0.15) is 0 Å². The highest BCUT2D eigenvalue weighted by Crippen LogP contribution is 2.36. The van der Waals surface area contributed by atoms with Crippen LogP contribution in [0.25, 0.3) is 33.3 Å². The van der Waals surface area contributed by atoms with Crippen molar-refractivity contribution in [1.29, 1.82) is 0 Å². The minimum atomic E-state index is 0.792. The van der Waals surface area contributed by atoms with E-state index in [1.165, 1.54) is 81.4 Å². The third kappa shape index (κ3) is 5.79. The van der Waals surface area contributed by atoms with Gasteiger partial charge in [-0.1, -0.05) is 44.0 Å². The molecule has 2 aliphatic heterocycles. The Morgan fingerprint density at radius 1 is 0.897 bits per heavy atom. The van der Waals surface area contributed by atoms with Crippen molar-refractivity contribution in [2.24, 2.45) is 4.99 Å². The molecule has 0 spiro atoms. The highest BCUT2D eigenvalue weighted by molar-refractivity contribution is 6.16. The van der Waals surface area contributed by atoms with Crippen LogP contribution in [-0.2, 0) is 6.42 Å². The molecule has 2 aromatic carbocycles. The Balaban J connectivity index is 0.000000622. The van der Waals surface area contributed by atoms with Crippen LogP contribution in [0.2, 0.25) is 0 Å². The van der Waals surface area contributed by atoms with Gasteiger partial charge in [-0.3, -0.25) is 4.99 Å². The lowest BCUT2D eigenvalue weighted by Gasteiger charge is -2.36. The van der Waals surface area contributed by atoms with Gasteiger partial charge in [0.15, 0.2) is 0 Å². The SMILES string of the molecule is C1C2=NC12.CCCCCc1ccc(-c2c[nH]c3ncc(-c4cc(C)c(N5CCN(C)CC5)c(C)c4)cc23)cc1. The molecule has 2 fully saturated rings. The van der Waals surface area contributed by atoms with Gasteiger partial charge in [0.25, 0.3) is 0 Å². The Kier molecular flexibility index (Phi) is 7.26. The maximum absolute atomic E-state index is 4.78. The summed E-state index contributed by atoms with van der Waals surface area (Å²) in [6.45, 7) is 11.2. The Labute approximate surface area is 233 Å². The van der Waals surface area contributed by atoms with Gasteiger partial charge in [-0.25, -0.2) is 4.98 Å².